The molecule has 0 saturated carbocycles. The van der Waals surface area contributed by atoms with Crippen LogP contribution in [0.5, 0.6) is 0 Å². The number of nitrogens with zero attached hydrogens (tertiary/aromatic N) is 2. The Morgan fingerprint density at radius 2 is 2.08 bits per heavy atom. The van der Waals surface area contributed by atoms with Gasteiger partial charge in [-0.25, -0.2) is 10.5 Å². The molecule has 0 radical (unpaired) electrons. The minimum atomic E-state index is -0.165. The molecule has 66 valence electrons. The highest BCUT2D eigenvalue weighted by Crippen LogP contribution is 2.15. The highest BCUT2D eigenvalue weighted by atomic mass is 35.5. The fourth-order valence-corrected chi connectivity index (χ4v) is 0.846. The van der Waals surface area contributed by atoms with Crippen LogP contribution < -0.4 is 5.48 Å². The molecule has 1 aromatic carbocycles. The minimum absolute atomic E-state index is 0.165. The molecule has 0 atom stereocenters. The van der Waals surface area contributed by atoms with E-state index < -0.39 is 0 Å². The highest BCUT2D eigenvalue weighted by molar-refractivity contribution is 6.30. The smallest absolute Gasteiger partial charge is 0.230 e. The van der Waals surface area contributed by atoms with Crippen LogP contribution in [0, 0.1) is 11.3 Å². The Bertz CT molecular complexity index is 353. The van der Waals surface area contributed by atoms with Crippen LogP contribution in [0.2, 0.25) is 5.02 Å². The first-order valence-corrected chi connectivity index (χ1v) is 3.78. The number of hydrogen-bond acceptors (Lipinski definition) is 3. The van der Waals surface area contributed by atoms with Gasteiger partial charge in [-0.15, -0.1) is 0 Å². The standard InChI is InChI=1S/C8H6ClN3O/c9-6-1-3-7(4-2-6)11-8(5-10)12-13/h1-4,13H,(H,11,12). The van der Waals surface area contributed by atoms with Gasteiger partial charge in [0.05, 0.1) is 5.69 Å². The van der Waals surface area contributed by atoms with Crippen LogP contribution in [0.15, 0.2) is 29.3 Å². The van der Waals surface area contributed by atoms with Gasteiger partial charge in [0.1, 0.15) is 6.07 Å². The molecule has 0 aromatic heterocycles. The molecule has 0 amide bonds. The van der Waals surface area contributed by atoms with Crippen LogP contribution in [0.3, 0.4) is 0 Å². The average molecular weight is 196 g/mol. The third kappa shape index (κ3) is 2.75. The summed E-state index contributed by atoms with van der Waals surface area (Å²) in [7, 11) is 0. The summed E-state index contributed by atoms with van der Waals surface area (Å²) in [6.07, 6.45) is 0. The number of hydrogen-bond donors (Lipinski definition) is 2. The van der Waals surface area contributed by atoms with Gasteiger partial charge >= 0.3 is 0 Å². The predicted octanol–water partition coefficient (Wildman–Crippen LogP) is 1.87. The Morgan fingerprint density at radius 1 is 1.46 bits per heavy atom. The first kappa shape index (κ1) is 9.52. The predicted molar refractivity (Wildman–Crippen MR) is 49.1 cm³/mol. The Labute approximate surface area is 80.1 Å². The van der Waals surface area contributed by atoms with E-state index in [0.717, 1.165) is 0 Å². The van der Waals surface area contributed by atoms with Crippen molar-refractivity contribution in [3.8, 4) is 6.07 Å². The number of nitrogens with one attached hydrogen (secondary N) is 1. The van der Waals surface area contributed by atoms with Crippen LogP contribution in [0.4, 0.5) is 5.69 Å². The summed E-state index contributed by atoms with van der Waals surface area (Å²) in [5, 5.41) is 17.4. The van der Waals surface area contributed by atoms with Crippen LogP contribution in [-0.2, 0) is 0 Å². The number of rotatable bonds is 1. The van der Waals surface area contributed by atoms with Crippen molar-refractivity contribution in [1.29, 1.82) is 5.26 Å². The summed E-state index contributed by atoms with van der Waals surface area (Å²) >= 11 is 5.64. The number of benzene rings is 1. The quantitative estimate of drug-likeness (QED) is 0.408. The molecule has 1 rings (SSSR count). The third-order valence-electron chi connectivity index (χ3n) is 1.28. The number of hydroxylamine groups is 1. The second-order valence-electron chi connectivity index (χ2n) is 2.16. The van der Waals surface area contributed by atoms with Crippen molar-refractivity contribution in [2.24, 2.45) is 4.99 Å². The van der Waals surface area contributed by atoms with Crippen molar-refractivity contribution in [3.63, 3.8) is 0 Å². The molecule has 0 aliphatic carbocycles. The summed E-state index contributed by atoms with van der Waals surface area (Å²) in [5.74, 6) is -0.165. The summed E-state index contributed by atoms with van der Waals surface area (Å²) in [4.78, 5) is 3.77. The van der Waals surface area contributed by atoms with Gasteiger partial charge in [-0.1, -0.05) is 11.6 Å². The first-order valence-electron chi connectivity index (χ1n) is 3.40. The largest absolute Gasteiger partial charge is 0.289 e. The average Bonchev–Trinajstić information content (AvgIpc) is 2.17. The zero-order valence-corrected chi connectivity index (χ0v) is 7.28. The van der Waals surface area contributed by atoms with E-state index in [9.17, 15) is 0 Å². The maximum Gasteiger partial charge on any atom is 0.230 e. The van der Waals surface area contributed by atoms with Crippen LogP contribution >= 0.6 is 11.6 Å². The Kier molecular flexibility index (Phi) is 3.26. The van der Waals surface area contributed by atoms with Gasteiger partial charge in [0.25, 0.3) is 0 Å². The molecular weight excluding hydrogens is 190 g/mol. The van der Waals surface area contributed by atoms with E-state index in [-0.39, 0.29) is 5.84 Å². The molecular formula is C8H6ClN3O. The van der Waals surface area contributed by atoms with Gasteiger partial charge < -0.3 is 0 Å². The Hall–Kier alpha value is -1.57. The second-order valence-corrected chi connectivity index (χ2v) is 2.60. The third-order valence-corrected chi connectivity index (χ3v) is 1.53. The SMILES string of the molecule is N#CC(=Nc1ccc(Cl)cc1)NO. The van der Waals surface area contributed by atoms with E-state index in [4.69, 9.17) is 22.1 Å². The number of halogens is 1. The summed E-state index contributed by atoms with van der Waals surface area (Å²) < 4.78 is 0. The second kappa shape index (κ2) is 4.45. The summed E-state index contributed by atoms with van der Waals surface area (Å²) in [6.45, 7) is 0. The minimum Gasteiger partial charge on any atom is -0.289 e. The molecule has 2 N–H and O–H groups in total. The maximum atomic E-state index is 8.41. The highest BCUT2D eigenvalue weighted by Gasteiger charge is 1.94. The fraction of sp³-hybridized carbons (Fsp3) is 0. The van der Waals surface area contributed by atoms with Gasteiger partial charge in [0, 0.05) is 5.02 Å². The lowest BCUT2D eigenvalue weighted by Gasteiger charge is -1.95. The van der Waals surface area contributed by atoms with Crippen molar-refractivity contribution in [1.82, 2.24) is 5.48 Å². The van der Waals surface area contributed by atoms with E-state index in [1.165, 1.54) is 0 Å². The lowest BCUT2D eigenvalue weighted by molar-refractivity contribution is 0.236. The van der Waals surface area contributed by atoms with E-state index in [1.54, 1.807) is 35.8 Å². The molecule has 0 aliphatic heterocycles. The zero-order valence-electron chi connectivity index (χ0n) is 6.53. The van der Waals surface area contributed by atoms with Gasteiger partial charge in [-0.2, -0.15) is 5.26 Å². The topological polar surface area (TPSA) is 68.4 Å². The van der Waals surface area contributed by atoms with Gasteiger partial charge in [0.15, 0.2) is 0 Å². The van der Waals surface area contributed by atoms with Crippen LogP contribution in [0.1, 0.15) is 0 Å². The van der Waals surface area contributed by atoms with E-state index >= 15 is 0 Å². The molecule has 13 heavy (non-hydrogen) atoms. The molecule has 0 fully saturated rings. The maximum absolute atomic E-state index is 8.41. The van der Waals surface area contributed by atoms with Crippen molar-refractivity contribution >= 4 is 23.1 Å². The van der Waals surface area contributed by atoms with Gasteiger partial charge in [-0.3, -0.25) is 5.21 Å². The normalized spacial score (nSPS) is 10.7. The lowest BCUT2D eigenvalue weighted by atomic mass is 10.3. The molecule has 0 unspecified atom stereocenters. The fourth-order valence-electron chi connectivity index (χ4n) is 0.720. The van der Waals surface area contributed by atoms with E-state index in [1.807, 2.05) is 0 Å². The molecule has 5 heteroatoms. The molecule has 0 heterocycles. The first-order chi connectivity index (χ1) is 6.26. The molecule has 0 spiro atoms. The van der Waals surface area contributed by atoms with Gasteiger partial charge in [-0.05, 0) is 24.3 Å². The van der Waals surface area contributed by atoms with Crippen molar-refractivity contribution in [2.75, 3.05) is 0 Å². The number of amidine groups is 1. The lowest BCUT2D eigenvalue weighted by Crippen LogP contribution is -2.15. The molecule has 1 aromatic rings. The van der Waals surface area contributed by atoms with Crippen molar-refractivity contribution < 1.29 is 5.21 Å². The van der Waals surface area contributed by atoms with Gasteiger partial charge in [0.2, 0.25) is 5.84 Å². The molecule has 0 saturated heterocycles. The van der Waals surface area contributed by atoms with E-state index in [2.05, 4.69) is 4.99 Å². The van der Waals surface area contributed by atoms with Crippen LogP contribution in [0.25, 0.3) is 0 Å². The molecule has 0 bridgehead atoms. The Balaban J connectivity index is 2.92. The van der Waals surface area contributed by atoms with Crippen molar-refractivity contribution in [3.05, 3.63) is 29.3 Å². The molecule has 0 aliphatic rings. The summed E-state index contributed by atoms with van der Waals surface area (Å²) in [6, 6.07) is 8.23. The van der Waals surface area contributed by atoms with E-state index in [0.29, 0.717) is 10.7 Å². The Morgan fingerprint density at radius 3 is 2.54 bits per heavy atom. The van der Waals surface area contributed by atoms with Crippen molar-refractivity contribution in [2.45, 2.75) is 0 Å². The zero-order chi connectivity index (χ0) is 9.68. The summed E-state index contributed by atoms with van der Waals surface area (Å²) in [5.41, 5.74) is 2.21. The van der Waals surface area contributed by atoms with Crippen LogP contribution in [-0.4, -0.2) is 11.0 Å². The monoisotopic (exact) mass is 195 g/mol. The number of nitriles is 1. The molecule has 4 nitrogen and oxygen atoms in total. The number of aliphatic imine (C=N–C) groups is 1.